The summed E-state index contributed by atoms with van der Waals surface area (Å²) in [5.74, 6) is -0.366. The van der Waals surface area contributed by atoms with Crippen LogP contribution in [0.15, 0.2) is 24.3 Å². The van der Waals surface area contributed by atoms with Crippen LogP contribution in [-0.4, -0.2) is 35.0 Å². The molecule has 1 saturated carbocycles. The maximum atomic E-state index is 12.7. The van der Waals surface area contributed by atoms with Gasteiger partial charge in [-0.05, 0) is 30.9 Å². The number of hydrogen-bond acceptors (Lipinski definition) is 4. The largest absolute Gasteiger partial charge is 0.492 e. The Labute approximate surface area is 145 Å². The van der Waals surface area contributed by atoms with Crippen LogP contribution in [-0.2, 0) is 16.0 Å². The van der Waals surface area contributed by atoms with E-state index in [1.165, 1.54) is 0 Å². The van der Waals surface area contributed by atoms with Gasteiger partial charge in [-0.15, -0.1) is 0 Å². The minimum Gasteiger partial charge on any atom is -0.492 e. The molecule has 3 aliphatic rings. The van der Waals surface area contributed by atoms with E-state index in [1.54, 1.807) is 0 Å². The first-order chi connectivity index (χ1) is 12.1. The predicted molar refractivity (Wildman–Crippen MR) is 88.5 cm³/mol. The molecule has 1 spiro atoms. The zero-order chi connectivity index (χ0) is 17.4. The third kappa shape index (κ3) is 2.73. The lowest BCUT2D eigenvalue weighted by Gasteiger charge is -2.30. The van der Waals surface area contributed by atoms with Gasteiger partial charge in [0, 0.05) is 0 Å². The maximum absolute atomic E-state index is 12.7. The van der Waals surface area contributed by atoms with E-state index in [-0.39, 0.29) is 18.4 Å². The Morgan fingerprint density at radius 2 is 1.96 bits per heavy atom. The third-order valence-electron chi connectivity index (χ3n) is 5.34. The van der Waals surface area contributed by atoms with Gasteiger partial charge in [0.25, 0.3) is 5.91 Å². The van der Waals surface area contributed by atoms with Crippen LogP contribution in [0.25, 0.3) is 0 Å². The number of imide groups is 1. The number of para-hydroxylation sites is 1. The van der Waals surface area contributed by atoms with Crippen molar-refractivity contribution in [1.82, 2.24) is 15.8 Å². The molecule has 2 N–H and O–H groups in total. The summed E-state index contributed by atoms with van der Waals surface area (Å²) in [6.07, 6.45) is 4.66. The molecule has 0 radical (unpaired) electrons. The zero-order valence-corrected chi connectivity index (χ0v) is 13.9. The van der Waals surface area contributed by atoms with Gasteiger partial charge < -0.3 is 10.1 Å². The fraction of sp³-hybridized carbons (Fsp3) is 0.500. The van der Waals surface area contributed by atoms with Crippen molar-refractivity contribution in [3.05, 3.63) is 29.8 Å². The average molecular weight is 343 g/mol. The Balaban J connectivity index is 1.44. The lowest BCUT2D eigenvalue weighted by molar-refractivity contribution is -0.141. The number of nitrogens with zero attached hydrogens (tertiary/aromatic N) is 1. The average Bonchev–Trinajstić information content (AvgIpc) is 2.86. The van der Waals surface area contributed by atoms with Crippen LogP contribution in [0.2, 0.25) is 0 Å². The van der Waals surface area contributed by atoms with Crippen LogP contribution in [0.3, 0.4) is 0 Å². The molecule has 0 unspecified atom stereocenters. The first kappa shape index (κ1) is 15.9. The highest BCUT2D eigenvalue weighted by molar-refractivity contribution is 6.08. The first-order valence-electron chi connectivity index (χ1n) is 8.77. The van der Waals surface area contributed by atoms with Gasteiger partial charge in [0.2, 0.25) is 5.91 Å². The topological polar surface area (TPSA) is 87.7 Å². The molecule has 0 aromatic heterocycles. The number of nitrogens with one attached hydrogen (secondary N) is 2. The van der Waals surface area contributed by atoms with Crippen molar-refractivity contribution < 1.29 is 19.1 Å². The van der Waals surface area contributed by atoms with Crippen LogP contribution >= 0.6 is 0 Å². The number of hydrogen-bond donors (Lipinski definition) is 2. The summed E-state index contributed by atoms with van der Waals surface area (Å²) in [5.41, 5.74) is 2.62. The van der Waals surface area contributed by atoms with Crippen molar-refractivity contribution >= 4 is 17.8 Å². The quantitative estimate of drug-likeness (QED) is 0.797. The van der Waals surface area contributed by atoms with Gasteiger partial charge in [-0.1, -0.05) is 37.5 Å². The molecule has 1 aromatic carbocycles. The van der Waals surface area contributed by atoms with E-state index in [9.17, 15) is 14.4 Å². The van der Waals surface area contributed by atoms with Crippen LogP contribution in [0.5, 0.6) is 5.75 Å². The van der Waals surface area contributed by atoms with E-state index in [2.05, 4.69) is 10.7 Å². The second-order valence-corrected chi connectivity index (χ2v) is 7.01. The van der Waals surface area contributed by atoms with Crippen molar-refractivity contribution in [1.29, 1.82) is 0 Å². The number of rotatable bonds is 2. The molecule has 2 fully saturated rings. The van der Waals surface area contributed by atoms with E-state index in [0.29, 0.717) is 19.3 Å². The molecule has 132 valence electrons. The normalized spacial score (nSPS) is 24.5. The molecule has 25 heavy (non-hydrogen) atoms. The molecule has 1 aliphatic carbocycles. The Hall–Kier alpha value is -2.57. The zero-order valence-electron chi connectivity index (χ0n) is 13.9. The van der Waals surface area contributed by atoms with Gasteiger partial charge in [-0.2, -0.15) is 5.01 Å². The third-order valence-corrected chi connectivity index (χ3v) is 5.34. The number of amides is 4. The highest BCUT2D eigenvalue weighted by Crippen LogP contribution is 2.33. The Kier molecular flexibility index (Phi) is 3.86. The van der Waals surface area contributed by atoms with E-state index >= 15 is 0 Å². The number of carbonyl (C=O) groups excluding carboxylic acids is 3. The summed E-state index contributed by atoms with van der Waals surface area (Å²) in [5, 5.41) is 3.64. The molecule has 1 saturated heterocycles. The maximum Gasteiger partial charge on any atom is 0.344 e. The lowest BCUT2D eigenvalue weighted by atomic mass is 9.82. The van der Waals surface area contributed by atoms with Crippen LogP contribution in [0.1, 0.15) is 37.7 Å². The highest BCUT2D eigenvalue weighted by atomic mass is 16.5. The van der Waals surface area contributed by atoms with Gasteiger partial charge in [-0.25, -0.2) is 4.79 Å². The SMILES string of the molecule is O=C(NN1C(=O)NC2(CCCCC2)C1=O)[C@H]1COc2ccccc2C1. The Morgan fingerprint density at radius 3 is 2.76 bits per heavy atom. The monoisotopic (exact) mass is 343 g/mol. The van der Waals surface area contributed by atoms with Gasteiger partial charge in [0.05, 0.1) is 5.92 Å². The van der Waals surface area contributed by atoms with Gasteiger partial charge in [0.15, 0.2) is 0 Å². The van der Waals surface area contributed by atoms with Crippen molar-refractivity contribution in [3.63, 3.8) is 0 Å². The summed E-state index contributed by atoms with van der Waals surface area (Å²) in [6.45, 7) is 0.234. The van der Waals surface area contributed by atoms with E-state index < -0.39 is 17.5 Å². The number of fused-ring (bicyclic) bond motifs is 1. The molecule has 1 aromatic rings. The van der Waals surface area contributed by atoms with Gasteiger partial charge >= 0.3 is 6.03 Å². The minimum atomic E-state index is -0.835. The van der Waals surface area contributed by atoms with E-state index in [1.807, 2.05) is 24.3 Å². The summed E-state index contributed by atoms with van der Waals surface area (Å²) in [4.78, 5) is 37.5. The number of urea groups is 1. The molecular formula is C18H21N3O4. The standard InChI is InChI=1S/C18H21N3O4/c22-15(13-10-12-6-2-3-7-14(12)25-11-13)20-21-16(23)18(19-17(21)24)8-4-1-5-9-18/h2-3,6-7,13H,1,4-5,8-11H2,(H,19,24)(H,20,22)/t13-/m1/s1. The van der Waals surface area contributed by atoms with Crippen LogP contribution < -0.4 is 15.5 Å². The highest BCUT2D eigenvalue weighted by Gasteiger charge is 2.52. The van der Waals surface area contributed by atoms with Crippen LogP contribution in [0.4, 0.5) is 4.79 Å². The molecule has 0 bridgehead atoms. The smallest absolute Gasteiger partial charge is 0.344 e. The molecular weight excluding hydrogens is 322 g/mol. The van der Waals surface area contributed by atoms with Crippen LogP contribution in [0, 0.1) is 5.92 Å². The molecule has 4 amide bonds. The fourth-order valence-electron chi connectivity index (χ4n) is 3.91. The summed E-state index contributed by atoms with van der Waals surface area (Å²) < 4.78 is 5.62. The first-order valence-corrected chi connectivity index (χ1v) is 8.77. The van der Waals surface area contributed by atoms with E-state index in [0.717, 1.165) is 35.6 Å². The molecule has 4 rings (SSSR count). The Morgan fingerprint density at radius 1 is 1.20 bits per heavy atom. The fourth-order valence-corrected chi connectivity index (χ4v) is 3.91. The van der Waals surface area contributed by atoms with E-state index in [4.69, 9.17) is 4.74 Å². The minimum absolute atomic E-state index is 0.234. The summed E-state index contributed by atoms with van der Waals surface area (Å²) in [6, 6.07) is 7.02. The van der Waals surface area contributed by atoms with Gasteiger partial charge in [-0.3, -0.25) is 15.0 Å². The van der Waals surface area contributed by atoms with Crippen molar-refractivity contribution in [2.45, 2.75) is 44.1 Å². The molecule has 2 heterocycles. The summed E-state index contributed by atoms with van der Waals surface area (Å²) in [7, 11) is 0. The predicted octanol–water partition coefficient (Wildman–Crippen LogP) is 1.52. The number of ether oxygens (including phenoxy) is 1. The molecule has 7 heteroatoms. The number of hydrazine groups is 1. The Bertz CT molecular complexity index is 727. The van der Waals surface area contributed by atoms with Crippen molar-refractivity contribution in [2.24, 2.45) is 5.92 Å². The summed E-state index contributed by atoms with van der Waals surface area (Å²) >= 11 is 0. The van der Waals surface area contributed by atoms with Crippen molar-refractivity contribution in [2.75, 3.05) is 6.61 Å². The van der Waals surface area contributed by atoms with Gasteiger partial charge in [0.1, 0.15) is 17.9 Å². The second kappa shape index (κ2) is 6.06. The number of carbonyl (C=O) groups is 3. The lowest BCUT2D eigenvalue weighted by Crippen LogP contribution is -2.52. The molecule has 7 nitrogen and oxygen atoms in total. The number of benzene rings is 1. The second-order valence-electron chi connectivity index (χ2n) is 7.01. The molecule has 1 atom stereocenters. The van der Waals surface area contributed by atoms with Crippen molar-refractivity contribution in [3.8, 4) is 5.75 Å². The molecule has 2 aliphatic heterocycles.